The van der Waals surface area contributed by atoms with Crippen LogP contribution in [0.3, 0.4) is 0 Å². The topological polar surface area (TPSA) is 81.0 Å². The number of benzene rings is 1. The van der Waals surface area contributed by atoms with Crippen LogP contribution in [0, 0.1) is 0 Å². The van der Waals surface area contributed by atoms with E-state index in [0.717, 1.165) is 11.1 Å². The fourth-order valence-electron chi connectivity index (χ4n) is 3.51. The van der Waals surface area contributed by atoms with Crippen LogP contribution in [0.1, 0.15) is 26.2 Å². The molecule has 2 unspecified atom stereocenters. The van der Waals surface area contributed by atoms with Crippen LogP contribution in [-0.2, 0) is 11.3 Å². The molecule has 0 spiro atoms. The lowest BCUT2D eigenvalue weighted by molar-refractivity contribution is -0.125. The largest absolute Gasteiger partial charge is 0.472 e. The molecule has 4 heterocycles. The van der Waals surface area contributed by atoms with Gasteiger partial charge < -0.3 is 24.1 Å². The molecule has 0 aliphatic carbocycles. The van der Waals surface area contributed by atoms with Gasteiger partial charge in [-0.1, -0.05) is 12.1 Å². The molecule has 3 aromatic rings. The van der Waals surface area contributed by atoms with E-state index in [-0.39, 0.29) is 24.0 Å². The van der Waals surface area contributed by atoms with E-state index in [9.17, 15) is 9.59 Å². The number of fused-ring (bicyclic) bond motifs is 1. The summed E-state index contributed by atoms with van der Waals surface area (Å²) in [5, 5.41) is 4.56. The Morgan fingerprint density at radius 1 is 1.17 bits per heavy atom. The maximum absolute atomic E-state index is 13.2. The van der Waals surface area contributed by atoms with Gasteiger partial charge in [-0.05, 0) is 35.2 Å². The molecule has 0 bridgehead atoms. The predicted octanol–water partition coefficient (Wildman–Crippen LogP) is 3.64. The highest BCUT2D eigenvalue weighted by atomic mass is 32.2. The van der Waals surface area contributed by atoms with Crippen molar-refractivity contribution < 1.29 is 23.5 Å². The third-order valence-corrected chi connectivity index (χ3v) is 7.18. The molecule has 2 atom stereocenters. The first kappa shape index (κ1) is 19.1. The molecule has 1 fully saturated rings. The molecule has 9 heteroatoms. The van der Waals surface area contributed by atoms with Crippen molar-refractivity contribution in [3.63, 3.8) is 0 Å². The van der Waals surface area contributed by atoms with Gasteiger partial charge in [0.1, 0.15) is 11.4 Å². The van der Waals surface area contributed by atoms with E-state index < -0.39 is 6.04 Å². The highest BCUT2D eigenvalue weighted by Gasteiger charge is 2.43. The maximum atomic E-state index is 13.2. The van der Waals surface area contributed by atoms with Gasteiger partial charge in [0.2, 0.25) is 12.7 Å². The molecule has 1 aromatic carbocycles. The number of furan rings is 1. The van der Waals surface area contributed by atoms with Crippen LogP contribution >= 0.6 is 23.1 Å². The number of carbonyl (C=O) groups is 2. The summed E-state index contributed by atoms with van der Waals surface area (Å²) in [5.74, 6) is 1.56. The van der Waals surface area contributed by atoms with E-state index in [1.165, 1.54) is 11.3 Å². The van der Waals surface area contributed by atoms with Crippen molar-refractivity contribution in [1.82, 2.24) is 10.2 Å². The third kappa shape index (κ3) is 3.54. The summed E-state index contributed by atoms with van der Waals surface area (Å²) in [6.07, 6.45) is 3.20. The van der Waals surface area contributed by atoms with Crippen molar-refractivity contribution in [3.8, 4) is 11.5 Å². The fourth-order valence-corrected chi connectivity index (χ4v) is 5.59. The minimum absolute atomic E-state index is 0.149. The van der Waals surface area contributed by atoms with Gasteiger partial charge in [-0.2, -0.15) is 0 Å². The Bertz CT molecular complexity index is 1050. The molecule has 5 rings (SSSR count). The molecule has 2 aliphatic rings. The molecule has 1 saturated heterocycles. The van der Waals surface area contributed by atoms with Crippen LogP contribution in [0.2, 0.25) is 0 Å². The Morgan fingerprint density at radius 3 is 2.87 bits per heavy atom. The minimum Gasteiger partial charge on any atom is -0.472 e. The molecule has 1 N–H and O–H groups in total. The first-order valence-electron chi connectivity index (χ1n) is 9.37. The monoisotopic (exact) mass is 442 g/mol. The Morgan fingerprint density at radius 2 is 2.07 bits per heavy atom. The second kappa shape index (κ2) is 8.08. The van der Waals surface area contributed by atoms with Crippen molar-refractivity contribution in [2.24, 2.45) is 0 Å². The van der Waals surface area contributed by atoms with Gasteiger partial charge in [0.05, 0.1) is 17.4 Å². The van der Waals surface area contributed by atoms with Gasteiger partial charge in [-0.3, -0.25) is 9.59 Å². The number of thiophene rings is 1. The second-order valence-electron chi connectivity index (χ2n) is 6.85. The second-order valence-corrected chi connectivity index (χ2v) is 8.91. The first-order chi connectivity index (χ1) is 14.7. The molecule has 0 saturated carbocycles. The van der Waals surface area contributed by atoms with Gasteiger partial charge in [0, 0.05) is 17.9 Å². The first-order valence-corrected chi connectivity index (χ1v) is 11.3. The summed E-state index contributed by atoms with van der Waals surface area (Å²) in [5.41, 5.74) is 1.77. The third-order valence-electron chi connectivity index (χ3n) is 5.00. The number of ether oxygens (including phenoxy) is 2. The summed E-state index contributed by atoms with van der Waals surface area (Å²) in [7, 11) is 0. The van der Waals surface area contributed by atoms with Gasteiger partial charge >= 0.3 is 0 Å². The number of rotatable bonds is 5. The van der Waals surface area contributed by atoms with Gasteiger partial charge in [-0.15, -0.1) is 23.1 Å². The lowest BCUT2D eigenvalue weighted by atomic mass is 10.1. The van der Waals surface area contributed by atoms with Crippen LogP contribution in [0.4, 0.5) is 0 Å². The van der Waals surface area contributed by atoms with Crippen molar-refractivity contribution in [3.05, 3.63) is 70.3 Å². The Balaban J connectivity index is 1.33. The lowest BCUT2D eigenvalue weighted by Gasteiger charge is -2.28. The zero-order valence-corrected chi connectivity index (χ0v) is 17.4. The van der Waals surface area contributed by atoms with Crippen molar-refractivity contribution >= 4 is 34.9 Å². The summed E-state index contributed by atoms with van der Waals surface area (Å²) in [4.78, 5) is 28.5. The van der Waals surface area contributed by atoms with E-state index in [4.69, 9.17) is 13.9 Å². The standard InChI is InChI=1S/C21H18N2O5S2/c24-19(22-9-13-3-4-16-17(8-13)28-12-27-16)15-11-30-21(14-5-6-26-10-14)23(15)20(25)18-2-1-7-29-18/h1-8,10,15,21H,9,11-12H2,(H,22,24). The summed E-state index contributed by atoms with van der Waals surface area (Å²) in [6, 6.07) is 10.5. The number of carbonyl (C=O) groups excluding carboxylic acids is 2. The molecule has 2 aliphatic heterocycles. The molecular weight excluding hydrogens is 424 g/mol. The average molecular weight is 443 g/mol. The molecule has 7 nitrogen and oxygen atoms in total. The number of amides is 2. The van der Waals surface area contributed by atoms with Crippen molar-refractivity contribution in [2.75, 3.05) is 12.5 Å². The number of thioether (sulfide) groups is 1. The maximum Gasteiger partial charge on any atom is 0.265 e. The highest BCUT2D eigenvalue weighted by molar-refractivity contribution is 7.99. The molecule has 0 radical (unpaired) electrons. The average Bonchev–Trinajstić information content (AvgIpc) is 3.57. The molecular formula is C21H18N2O5S2. The zero-order valence-electron chi connectivity index (χ0n) is 15.8. The Labute approximate surface area is 181 Å². The quantitative estimate of drug-likeness (QED) is 0.650. The number of nitrogens with one attached hydrogen (secondary N) is 1. The normalized spacial score (nSPS) is 19.8. The van der Waals surface area contributed by atoms with E-state index >= 15 is 0 Å². The number of nitrogens with zero attached hydrogens (tertiary/aromatic N) is 1. The Hall–Kier alpha value is -2.91. The van der Waals surface area contributed by atoms with Crippen LogP contribution in [0.15, 0.2) is 58.7 Å². The van der Waals surface area contributed by atoms with Crippen molar-refractivity contribution in [2.45, 2.75) is 18.0 Å². The number of hydrogen-bond acceptors (Lipinski definition) is 7. The van der Waals surface area contributed by atoms with E-state index in [1.54, 1.807) is 35.3 Å². The summed E-state index contributed by atoms with van der Waals surface area (Å²) in [6.45, 7) is 0.549. The molecule has 154 valence electrons. The molecule has 30 heavy (non-hydrogen) atoms. The predicted molar refractivity (Wildman–Crippen MR) is 113 cm³/mol. The fraction of sp³-hybridized carbons (Fsp3) is 0.238. The Kier molecular flexibility index (Phi) is 5.14. The van der Waals surface area contributed by atoms with Crippen LogP contribution in [0.25, 0.3) is 0 Å². The van der Waals surface area contributed by atoms with Crippen LogP contribution in [-0.4, -0.2) is 35.3 Å². The van der Waals surface area contributed by atoms with E-state index in [1.807, 2.05) is 35.7 Å². The van der Waals surface area contributed by atoms with Gasteiger partial charge in [0.15, 0.2) is 11.5 Å². The van der Waals surface area contributed by atoms with E-state index in [2.05, 4.69) is 5.32 Å². The number of hydrogen-bond donors (Lipinski definition) is 1. The zero-order chi connectivity index (χ0) is 20.5. The van der Waals surface area contributed by atoms with Crippen LogP contribution < -0.4 is 14.8 Å². The van der Waals surface area contributed by atoms with Gasteiger partial charge in [-0.25, -0.2) is 0 Å². The minimum atomic E-state index is -0.571. The van der Waals surface area contributed by atoms with Gasteiger partial charge in [0.25, 0.3) is 5.91 Å². The van der Waals surface area contributed by atoms with Crippen LogP contribution in [0.5, 0.6) is 11.5 Å². The molecule has 2 amide bonds. The van der Waals surface area contributed by atoms with E-state index in [0.29, 0.717) is 28.7 Å². The highest BCUT2D eigenvalue weighted by Crippen LogP contribution is 2.42. The summed E-state index contributed by atoms with van der Waals surface area (Å²) >= 11 is 2.93. The van der Waals surface area contributed by atoms with Crippen molar-refractivity contribution in [1.29, 1.82) is 0 Å². The molecule has 2 aromatic heterocycles. The SMILES string of the molecule is O=C(NCc1ccc2c(c1)OCO2)C1CSC(c2ccoc2)N1C(=O)c1cccs1. The summed E-state index contributed by atoms with van der Waals surface area (Å²) < 4.78 is 15.9. The smallest absolute Gasteiger partial charge is 0.265 e. The lowest BCUT2D eigenvalue weighted by Crippen LogP contribution is -2.47.